The summed E-state index contributed by atoms with van der Waals surface area (Å²) < 4.78 is 0. The molecule has 4 aliphatic rings. The van der Waals surface area contributed by atoms with Crippen LogP contribution in [0.4, 0.5) is 0 Å². The second-order valence-electron chi connectivity index (χ2n) is 11.2. The summed E-state index contributed by atoms with van der Waals surface area (Å²) in [5, 5.41) is 7.90. The molecule has 0 radical (unpaired) electrons. The van der Waals surface area contributed by atoms with Crippen molar-refractivity contribution < 1.29 is 0 Å². The molecule has 138 valence electrons. The first-order valence-electron chi connectivity index (χ1n) is 10.6. The quantitative estimate of drug-likeness (QED) is 0.719. The molecule has 24 heavy (non-hydrogen) atoms. The molecule has 2 N–H and O–H groups in total. The summed E-state index contributed by atoms with van der Waals surface area (Å²) in [6.45, 7) is 17.4. The highest BCUT2D eigenvalue weighted by Crippen LogP contribution is 2.66. The van der Waals surface area contributed by atoms with Crippen LogP contribution in [0.5, 0.6) is 0 Å². The van der Waals surface area contributed by atoms with E-state index >= 15 is 0 Å². The Bertz CT molecular complexity index is 464. The molecule has 0 aromatic heterocycles. The van der Waals surface area contributed by atoms with E-state index in [0.29, 0.717) is 21.7 Å². The Morgan fingerprint density at radius 1 is 0.667 bits per heavy atom. The van der Waals surface area contributed by atoms with Crippen molar-refractivity contribution in [1.82, 2.24) is 10.6 Å². The molecule has 0 saturated heterocycles. The lowest BCUT2D eigenvalue weighted by Gasteiger charge is -2.41. The van der Waals surface area contributed by atoms with Gasteiger partial charge in [-0.05, 0) is 72.0 Å². The lowest BCUT2D eigenvalue weighted by atomic mass is 9.69. The summed E-state index contributed by atoms with van der Waals surface area (Å²) in [5.74, 6) is 1.89. The van der Waals surface area contributed by atoms with Crippen molar-refractivity contribution in [3.05, 3.63) is 0 Å². The van der Waals surface area contributed by atoms with Crippen LogP contribution in [0, 0.1) is 33.5 Å². The molecular weight excluding hydrogens is 292 g/mol. The van der Waals surface area contributed by atoms with Gasteiger partial charge in [-0.2, -0.15) is 0 Å². The Labute approximate surface area is 149 Å². The Balaban J connectivity index is 1.28. The van der Waals surface area contributed by atoms with E-state index in [4.69, 9.17) is 0 Å². The van der Waals surface area contributed by atoms with Crippen molar-refractivity contribution in [2.45, 2.75) is 92.2 Å². The fourth-order valence-electron chi connectivity index (χ4n) is 7.52. The Morgan fingerprint density at radius 2 is 1.04 bits per heavy atom. The second kappa shape index (κ2) is 5.22. The molecule has 6 atom stereocenters. The Hall–Kier alpha value is -0.0800. The third kappa shape index (κ3) is 2.02. The fourth-order valence-corrected chi connectivity index (χ4v) is 7.52. The zero-order chi connectivity index (χ0) is 17.4. The van der Waals surface area contributed by atoms with E-state index in [1.807, 2.05) is 0 Å². The van der Waals surface area contributed by atoms with Gasteiger partial charge < -0.3 is 10.6 Å². The molecule has 0 aliphatic heterocycles. The van der Waals surface area contributed by atoms with Crippen molar-refractivity contribution in [2.24, 2.45) is 33.5 Å². The maximum Gasteiger partial charge on any atom is 0.0129 e. The monoisotopic (exact) mass is 332 g/mol. The molecule has 0 heterocycles. The zero-order valence-corrected chi connectivity index (χ0v) is 17.0. The summed E-state index contributed by atoms with van der Waals surface area (Å²) in [7, 11) is 0. The molecule has 0 aromatic rings. The molecular formula is C22H40N2. The highest BCUT2D eigenvalue weighted by molar-refractivity contribution is 5.14. The Morgan fingerprint density at radius 3 is 1.29 bits per heavy atom. The largest absolute Gasteiger partial charge is 0.312 e. The standard InChI is InChI=1S/C22H40N2/c1-19(2)15-7-9-21(19,5)17(13-15)23-11-12-24-18-14-16-8-10-22(18,6)20(16,3)4/h15-18,23-24H,7-14H2,1-6H3/t15-,16-,17-,18-,21+,22?/m1/s1. The number of hydrogen-bond donors (Lipinski definition) is 2. The van der Waals surface area contributed by atoms with E-state index in [1.165, 1.54) is 38.5 Å². The van der Waals surface area contributed by atoms with Crippen LogP contribution in [-0.2, 0) is 0 Å². The van der Waals surface area contributed by atoms with Gasteiger partial charge in [0.25, 0.3) is 0 Å². The minimum Gasteiger partial charge on any atom is -0.312 e. The SMILES string of the molecule is CC1(C)[C@@H]2CCC1(C)[C@H](NCCN[C@@H]1C[C@H]3CC[C@]1(C)C3(C)C)C2. The molecule has 4 saturated carbocycles. The first kappa shape index (κ1) is 17.3. The van der Waals surface area contributed by atoms with Gasteiger partial charge >= 0.3 is 0 Å². The average molecular weight is 333 g/mol. The molecule has 4 fully saturated rings. The first-order chi connectivity index (χ1) is 11.1. The van der Waals surface area contributed by atoms with E-state index in [0.717, 1.165) is 37.0 Å². The predicted molar refractivity (Wildman–Crippen MR) is 102 cm³/mol. The second-order valence-corrected chi connectivity index (χ2v) is 11.2. The zero-order valence-electron chi connectivity index (χ0n) is 17.0. The molecule has 4 bridgehead atoms. The van der Waals surface area contributed by atoms with Crippen molar-refractivity contribution in [1.29, 1.82) is 0 Å². The summed E-state index contributed by atoms with van der Waals surface area (Å²) in [6, 6.07) is 1.47. The summed E-state index contributed by atoms with van der Waals surface area (Å²) in [4.78, 5) is 0. The van der Waals surface area contributed by atoms with Gasteiger partial charge in [-0.25, -0.2) is 0 Å². The summed E-state index contributed by atoms with van der Waals surface area (Å²) >= 11 is 0. The highest BCUT2D eigenvalue weighted by Gasteiger charge is 2.62. The minimum atomic E-state index is 0.512. The van der Waals surface area contributed by atoms with Crippen LogP contribution in [0.2, 0.25) is 0 Å². The molecule has 0 aromatic carbocycles. The predicted octanol–water partition coefficient (Wildman–Crippen LogP) is 4.60. The van der Waals surface area contributed by atoms with Gasteiger partial charge in [-0.1, -0.05) is 41.5 Å². The first-order valence-corrected chi connectivity index (χ1v) is 10.6. The van der Waals surface area contributed by atoms with Gasteiger partial charge in [0.15, 0.2) is 0 Å². The normalized spacial score (nSPS) is 50.8. The van der Waals surface area contributed by atoms with E-state index in [9.17, 15) is 0 Å². The number of nitrogens with one attached hydrogen (secondary N) is 2. The van der Waals surface area contributed by atoms with E-state index < -0.39 is 0 Å². The number of fused-ring (bicyclic) bond motifs is 4. The molecule has 4 rings (SSSR count). The maximum absolute atomic E-state index is 3.95. The highest BCUT2D eigenvalue weighted by atomic mass is 15.0. The third-order valence-corrected chi connectivity index (χ3v) is 10.5. The number of hydrogen-bond acceptors (Lipinski definition) is 2. The van der Waals surface area contributed by atoms with Crippen LogP contribution >= 0.6 is 0 Å². The molecule has 2 nitrogen and oxygen atoms in total. The lowest BCUT2D eigenvalue weighted by Crippen LogP contribution is -2.49. The fraction of sp³-hybridized carbons (Fsp3) is 1.00. The van der Waals surface area contributed by atoms with Crippen LogP contribution in [0.3, 0.4) is 0 Å². The topological polar surface area (TPSA) is 24.1 Å². The third-order valence-electron chi connectivity index (χ3n) is 10.5. The van der Waals surface area contributed by atoms with E-state index in [-0.39, 0.29) is 0 Å². The van der Waals surface area contributed by atoms with Crippen LogP contribution in [-0.4, -0.2) is 25.2 Å². The van der Waals surface area contributed by atoms with Gasteiger partial charge in [0, 0.05) is 25.2 Å². The van der Waals surface area contributed by atoms with Crippen LogP contribution in [0.15, 0.2) is 0 Å². The summed E-state index contributed by atoms with van der Waals surface area (Å²) in [6.07, 6.45) is 8.56. The smallest absolute Gasteiger partial charge is 0.0129 e. The lowest BCUT2D eigenvalue weighted by molar-refractivity contribution is 0.115. The van der Waals surface area contributed by atoms with E-state index in [1.54, 1.807) is 0 Å². The van der Waals surface area contributed by atoms with Crippen LogP contribution < -0.4 is 10.6 Å². The summed E-state index contributed by atoms with van der Waals surface area (Å²) in [5.41, 5.74) is 2.08. The molecule has 1 unspecified atom stereocenters. The van der Waals surface area contributed by atoms with Gasteiger partial charge in [0.1, 0.15) is 0 Å². The molecule has 2 heteroatoms. The van der Waals surface area contributed by atoms with Gasteiger partial charge in [0.2, 0.25) is 0 Å². The van der Waals surface area contributed by atoms with Crippen molar-refractivity contribution >= 4 is 0 Å². The van der Waals surface area contributed by atoms with Gasteiger partial charge in [0.05, 0.1) is 0 Å². The number of rotatable bonds is 5. The average Bonchev–Trinajstić information content (AvgIpc) is 3.02. The van der Waals surface area contributed by atoms with Crippen molar-refractivity contribution in [3.8, 4) is 0 Å². The minimum absolute atomic E-state index is 0.512. The van der Waals surface area contributed by atoms with Gasteiger partial charge in [-0.15, -0.1) is 0 Å². The van der Waals surface area contributed by atoms with Crippen LogP contribution in [0.25, 0.3) is 0 Å². The Kier molecular flexibility index (Phi) is 3.77. The van der Waals surface area contributed by atoms with Crippen molar-refractivity contribution in [2.75, 3.05) is 13.1 Å². The maximum atomic E-state index is 3.95. The molecule has 0 amide bonds. The molecule has 0 spiro atoms. The van der Waals surface area contributed by atoms with Crippen molar-refractivity contribution in [3.63, 3.8) is 0 Å². The van der Waals surface area contributed by atoms with E-state index in [2.05, 4.69) is 52.2 Å². The van der Waals surface area contributed by atoms with Gasteiger partial charge in [-0.3, -0.25) is 0 Å². The van der Waals surface area contributed by atoms with Crippen LogP contribution in [0.1, 0.15) is 80.1 Å². The molecule has 4 aliphatic carbocycles.